The molecule has 4 nitrogen and oxygen atoms in total. The van der Waals surface area contributed by atoms with Gasteiger partial charge in [-0.15, -0.1) is 0 Å². The number of rotatable bonds is 9. The highest BCUT2D eigenvalue weighted by atomic mass is 19.1. The Morgan fingerprint density at radius 1 is 0.885 bits per heavy atom. The Labute approximate surface area is 155 Å². The van der Waals surface area contributed by atoms with Gasteiger partial charge < -0.3 is 10.6 Å². The van der Waals surface area contributed by atoms with Crippen molar-refractivity contribution in [2.24, 2.45) is 0 Å². The van der Waals surface area contributed by atoms with Crippen molar-refractivity contribution in [3.05, 3.63) is 71.0 Å². The number of hydrogen-bond acceptors (Lipinski definition) is 2. The number of carbonyl (C=O) groups excluding carboxylic acids is 1. The van der Waals surface area contributed by atoms with Crippen molar-refractivity contribution < 1.29 is 9.18 Å². The van der Waals surface area contributed by atoms with Gasteiger partial charge in [-0.3, -0.25) is 4.90 Å². The quantitative estimate of drug-likeness (QED) is 0.719. The van der Waals surface area contributed by atoms with Gasteiger partial charge in [-0.2, -0.15) is 0 Å². The van der Waals surface area contributed by atoms with Crippen LogP contribution in [0.15, 0.2) is 48.5 Å². The van der Waals surface area contributed by atoms with E-state index >= 15 is 0 Å². The third-order valence-electron chi connectivity index (χ3n) is 4.39. The maximum atomic E-state index is 12.8. The van der Waals surface area contributed by atoms with Crippen molar-refractivity contribution in [1.29, 1.82) is 0 Å². The molecule has 2 aromatic carbocycles. The van der Waals surface area contributed by atoms with E-state index in [4.69, 9.17) is 0 Å². The van der Waals surface area contributed by atoms with E-state index in [1.54, 1.807) is 12.1 Å². The molecule has 0 bridgehead atoms. The van der Waals surface area contributed by atoms with Crippen LogP contribution in [0.25, 0.3) is 0 Å². The Morgan fingerprint density at radius 2 is 1.46 bits per heavy atom. The highest BCUT2D eigenvalue weighted by molar-refractivity contribution is 5.73. The van der Waals surface area contributed by atoms with Crippen LogP contribution in [0.5, 0.6) is 0 Å². The second-order valence-electron chi connectivity index (χ2n) is 6.26. The molecule has 0 aliphatic rings. The molecule has 140 valence electrons. The van der Waals surface area contributed by atoms with Gasteiger partial charge in [0.1, 0.15) is 5.82 Å². The monoisotopic (exact) mass is 357 g/mol. The zero-order valence-corrected chi connectivity index (χ0v) is 15.6. The Hall–Kier alpha value is -2.40. The lowest BCUT2D eigenvalue weighted by Crippen LogP contribution is -2.36. The molecule has 0 aliphatic heterocycles. The fraction of sp³-hybridized carbons (Fsp3) is 0.381. The minimum atomic E-state index is -0.248. The number of amides is 2. The predicted octanol–water partition coefficient (Wildman–Crippen LogP) is 3.71. The fourth-order valence-corrected chi connectivity index (χ4v) is 2.68. The maximum absolute atomic E-state index is 12.8. The summed E-state index contributed by atoms with van der Waals surface area (Å²) < 4.78 is 12.8. The molecule has 0 saturated heterocycles. The molecule has 0 unspecified atom stereocenters. The van der Waals surface area contributed by atoms with E-state index in [-0.39, 0.29) is 11.8 Å². The summed E-state index contributed by atoms with van der Waals surface area (Å²) in [6.45, 7) is 8.36. The minimum Gasteiger partial charge on any atom is -0.338 e. The lowest BCUT2D eigenvalue weighted by atomic mass is 10.1. The Kier molecular flexibility index (Phi) is 8.09. The Morgan fingerprint density at radius 3 is 2.08 bits per heavy atom. The summed E-state index contributed by atoms with van der Waals surface area (Å²) in [6, 6.07) is 14.5. The SMILES string of the molecule is CCN(CC)Cc1ccc(CNC(=O)NCCc2ccc(F)cc2)cc1. The van der Waals surface area contributed by atoms with Crippen molar-refractivity contribution in [3.8, 4) is 0 Å². The summed E-state index contributed by atoms with van der Waals surface area (Å²) >= 11 is 0. The van der Waals surface area contributed by atoms with Crippen LogP contribution in [-0.2, 0) is 19.5 Å². The molecule has 2 amide bonds. The first-order valence-electron chi connectivity index (χ1n) is 9.17. The summed E-state index contributed by atoms with van der Waals surface area (Å²) in [6.07, 6.45) is 0.674. The molecule has 0 fully saturated rings. The predicted molar refractivity (Wildman–Crippen MR) is 103 cm³/mol. The average Bonchev–Trinajstić information content (AvgIpc) is 2.67. The standard InChI is InChI=1S/C21H28FN3O/c1-3-25(4-2)16-19-7-5-18(6-8-19)15-24-21(26)23-14-13-17-9-11-20(22)12-10-17/h5-12H,3-4,13-16H2,1-2H3,(H2,23,24,26). The summed E-state index contributed by atoms with van der Waals surface area (Å²) in [4.78, 5) is 14.2. The lowest BCUT2D eigenvalue weighted by Gasteiger charge is -2.18. The normalized spacial score (nSPS) is 10.8. The average molecular weight is 357 g/mol. The minimum absolute atomic E-state index is 0.195. The number of hydrogen-bond donors (Lipinski definition) is 2. The van der Waals surface area contributed by atoms with Crippen LogP contribution in [0.1, 0.15) is 30.5 Å². The molecular formula is C21H28FN3O. The topological polar surface area (TPSA) is 44.4 Å². The van der Waals surface area contributed by atoms with E-state index in [1.807, 2.05) is 0 Å². The van der Waals surface area contributed by atoms with Crippen LogP contribution < -0.4 is 10.6 Å². The van der Waals surface area contributed by atoms with Gasteiger partial charge in [0.25, 0.3) is 0 Å². The molecule has 0 saturated carbocycles. The van der Waals surface area contributed by atoms with E-state index in [0.717, 1.165) is 30.8 Å². The molecule has 2 rings (SSSR count). The summed E-state index contributed by atoms with van der Waals surface area (Å²) in [5.41, 5.74) is 3.35. The smallest absolute Gasteiger partial charge is 0.315 e. The number of nitrogens with one attached hydrogen (secondary N) is 2. The molecule has 5 heteroatoms. The van der Waals surface area contributed by atoms with Gasteiger partial charge >= 0.3 is 6.03 Å². The number of benzene rings is 2. The molecule has 2 aromatic rings. The van der Waals surface area contributed by atoms with Crippen LogP contribution >= 0.6 is 0 Å². The summed E-state index contributed by atoms with van der Waals surface area (Å²) in [5, 5.41) is 5.67. The third-order valence-corrected chi connectivity index (χ3v) is 4.39. The van der Waals surface area contributed by atoms with Crippen molar-refractivity contribution in [3.63, 3.8) is 0 Å². The van der Waals surface area contributed by atoms with Gasteiger partial charge in [0.2, 0.25) is 0 Å². The van der Waals surface area contributed by atoms with Crippen LogP contribution in [0.2, 0.25) is 0 Å². The van der Waals surface area contributed by atoms with E-state index in [9.17, 15) is 9.18 Å². The lowest BCUT2D eigenvalue weighted by molar-refractivity contribution is 0.240. The number of halogens is 1. The first kappa shape index (κ1) is 19.9. The Bertz CT molecular complexity index is 667. The van der Waals surface area contributed by atoms with Gasteiger partial charge in [-0.1, -0.05) is 50.2 Å². The third kappa shape index (κ3) is 6.84. The fourth-order valence-electron chi connectivity index (χ4n) is 2.68. The van der Waals surface area contributed by atoms with E-state index in [0.29, 0.717) is 19.5 Å². The largest absolute Gasteiger partial charge is 0.338 e. The van der Waals surface area contributed by atoms with Crippen molar-refractivity contribution >= 4 is 6.03 Å². The van der Waals surface area contributed by atoms with E-state index in [1.165, 1.54) is 17.7 Å². The molecule has 0 aromatic heterocycles. The van der Waals surface area contributed by atoms with Gasteiger partial charge in [0.15, 0.2) is 0 Å². The zero-order chi connectivity index (χ0) is 18.8. The molecule has 0 atom stereocenters. The van der Waals surface area contributed by atoms with Gasteiger partial charge in [0.05, 0.1) is 0 Å². The molecule has 0 aliphatic carbocycles. The van der Waals surface area contributed by atoms with E-state index in [2.05, 4.69) is 53.6 Å². The zero-order valence-electron chi connectivity index (χ0n) is 15.6. The molecular weight excluding hydrogens is 329 g/mol. The Balaban J connectivity index is 1.69. The summed E-state index contributed by atoms with van der Waals surface area (Å²) in [5.74, 6) is -0.248. The van der Waals surface area contributed by atoms with Crippen molar-refractivity contribution in [1.82, 2.24) is 15.5 Å². The van der Waals surface area contributed by atoms with Crippen LogP contribution in [0.3, 0.4) is 0 Å². The van der Waals surface area contributed by atoms with Crippen LogP contribution in [0.4, 0.5) is 9.18 Å². The van der Waals surface area contributed by atoms with Crippen LogP contribution in [0, 0.1) is 5.82 Å². The van der Waals surface area contributed by atoms with Crippen molar-refractivity contribution in [2.75, 3.05) is 19.6 Å². The first-order chi connectivity index (χ1) is 12.6. The molecule has 0 spiro atoms. The first-order valence-corrected chi connectivity index (χ1v) is 9.17. The molecule has 0 radical (unpaired) electrons. The van der Waals surface area contributed by atoms with Gasteiger partial charge in [0, 0.05) is 19.6 Å². The molecule has 0 heterocycles. The second kappa shape index (κ2) is 10.6. The van der Waals surface area contributed by atoms with Gasteiger partial charge in [-0.25, -0.2) is 9.18 Å². The number of nitrogens with zero attached hydrogens (tertiary/aromatic N) is 1. The number of carbonyl (C=O) groups is 1. The van der Waals surface area contributed by atoms with Gasteiger partial charge in [-0.05, 0) is 48.3 Å². The van der Waals surface area contributed by atoms with Crippen molar-refractivity contribution in [2.45, 2.75) is 33.4 Å². The molecule has 26 heavy (non-hydrogen) atoms. The second-order valence-corrected chi connectivity index (χ2v) is 6.26. The molecule has 2 N–H and O–H groups in total. The van der Waals surface area contributed by atoms with Crippen LogP contribution in [-0.4, -0.2) is 30.6 Å². The highest BCUT2D eigenvalue weighted by Gasteiger charge is 2.03. The number of urea groups is 1. The van der Waals surface area contributed by atoms with E-state index < -0.39 is 0 Å². The highest BCUT2D eigenvalue weighted by Crippen LogP contribution is 2.07. The maximum Gasteiger partial charge on any atom is 0.315 e. The summed E-state index contributed by atoms with van der Waals surface area (Å²) in [7, 11) is 0.